The third-order valence-electron chi connectivity index (χ3n) is 3.23. The molecular weight excluding hydrogens is 323 g/mol. The van der Waals surface area contributed by atoms with Crippen LogP contribution in [0.4, 0.5) is 13.2 Å². The Morgan fingerprint density at radius 2 is 1.96 bits per heavy atom. The van der Waals surface area contributed by atoms with Crippen molar-refractivity contribution in [3.8, 4) is 11.5 Å². The zero-order chi connectivity index (χ0) is 17.5. The number of carbonyl (C=O) groups is 1. The van der Waals surface area contributed by atoms with Crippen LogP contribution in [0.2, 0.25) is 0 Å². The average molecular weight is 339 g/mol. The Morgan fingerprint density at radius 3 is 2.62 bits per heavy atom. The summed E-state index contributed by atoms with van der Waals surface area (Å²) in [6.07, 6.45) is 0.451. The first-order valence-corrected chi connectivity index (χ1v) is 7.15. The van der Waals surface area contributed by atoms with E-state index in [0.29, 0.717) is 13.0 Å². The molecule has 2 rings (SSSR count). The number of benzene rings is 2. The number of alkyl halides is 2. The van der Waals surface area contributed by atoms with Crippen molar-refractivity contribution >= 4 is 5.91 Å². The monoisotopic (exact) mass is 339 g/mol. The van der Waals surface area contributed by atoms with E-state index >= 15 is 0 Å². The van der Waals surface area contributed by atoms with E-state index in [9.17, 15) is 18.0 Å². The SMILES string of the molecule is COc1cc(CCNC(=O)c2cccc(F)c2)ccc1OC(F)F. The maximum atomic E-state index is 13.1. The molecule has 24 heavy (non-hydrogen) atoms. The number of hydrogen-bond acceptors (Lipinski definition) is 3. The maximum absolute atomic E-state index is 13.1. The molecule has 2 aromatic rings. The van der Waals surface area contributed by atoms with E-state index in [2.05, 4.69) is 10.1 Å². The fourth-order valence-electron chi connectivity index (χ4n) is 2.11. The maximum Gasteiger partial charge on any atom is 0.387 e. The molecule has 0 spiro atoms. The summed E-state index contributed by atoms with van der Waals surface area (Å²) in [7, 11) is 1.35. The van der Waals surface area contributed by atoms with E-state index < -0.39 is 12.4 Å². The molecule has 0 heterocycles. The lowest BCUT2D eigenvalue weighted by Crippen LogP contribution is -2.25. The van der Waals surface area contributed by atoms with Gasteiger partial charge in [0, 0.05) is 12.1 Å². The molecule has 0 aromatic heterocycles. The van der Waals surface area contributed by atoms with Crippen LogP contribution < -0.4 is 14.8 Å². The van der Waals surface area contributed by atoms with E-state index in [-0.39, 0.29) is 23.0 Å². The average Bonchev–Trinajstić information content (AvgIpc) is 2.55. The Balaban J connectivity index is 1.93. The zero-order valence-corrected chi connectivity index (χ0v) is 12.9. The Hall–Kier alpha value is -2.70. The number of rotatable bonds is 7. The van der Waals surface area contributed by atoms with Crippen molar-refractivity contribution < 1.29 is 27.4 Å². The first kappa shape index (κ1) is 17.7. The molecule has 4 nitrogen and oxygen atoms in total. The van der Waals surface area contributed by atoms with Gasteiger partial charge in [0.1, 0.15) is 5.82 Å². The minimum absolute atomic E-state index is 0.0555. The van der Waals surface area contributed by atoms with Gasteiger partial charge < -0.3 is 14.8 Å². The zero-order valence-electron chi connectivity index (χ0n) is 12.9. The number of hydrogen-bond donors (Lipinski definition) is 1. The minimum atomic E-state index is -2.93. The van der Waals surface area contributed by atoms with Gasteiger partial charge >= 0.3 is 6.61 Å². The van der Waals surface area contributed by atoms with E-state index in [1.54, 1.807) is 12.1 Å². The van der Waals surface area contributed by atoms with Crippen molar-refractivity contribution in [1.29, 1.82) is 0 Å². The second kappa shape index (κ2) is 8.24. The summed E-state index contributed by atoms with van der Waals surface area (Å²) >= 11 is 0. The third kappa shape index (κ3) is 4.91. The number of carbonyl (C=O) groups excluding carboxylic acids is 1. The Bertz CT molecular complexity index is 707. The van der Waals surface area contributed by atoms with Crippen LogP contribution in [0.25, 0.3) is 0 Å². The molecular formula is C17H16F3NO3. The van der Waals surface area contributed by atoms with Crippen LogP contribution in [0.15, 0.2) is 42.5 Å². The van der Waals surface area contributed by atoms with Gasteiger partial charge in [0.15, 0.2) is 11.5 Å². The fraction of sp³-hybridized carbons (Fsp3) is 0.235. The molecule has 0 fully saturated rings. The van der Waals surface area contributed by atoms with Gasteiger partial charge in [-0.2, -0.15) is 8.78 Å². The highest BCUT2D eigenvalue weighted by Crippen LogP contribution is 2.29. The Labute approximate surface area is 137 Å². The van der Waals surface area contributed by atoms with Gasteiger partial charge in [-0.1, -0.05) is 12.1 Å². The molecule has 0 aliphatic heterocycles. The highest BCUT2D eigenvalue weighted by molar-refractivity contribution is 5.94. The Kier molecular flexibility index (Phi) is 6.06. The molecule has 0 bridgehead atoms. The minimum Gasteiger partial charge on any atom is -0.493 e. The van der Waals surface area contributed by atoms with E-state index in [1.165, 1.54) is 31.4 Å². The third-order valence-corrected chi connectivity index (χ3v) is 3.23. The van der Waals surface area contributed by atoms with Gasteiger partial charge in [0.25, 0.3) is 5.91 Å². The molecule has 1 amide bonds. The van der Waals surface area contributed by atoms with Crippen LogP contribution in [0, 0.1) is 5.82 Å². The summed E-state index contributed by atoms with van der Waals surface area (Å²) in [5, 5.41) is 2.66. The summed E-state index contributed by atoms with van der Waals surface area (Å²) in [6.45, 7) is -2.64. The first-order valence-electron chi connectivity index (χ1n) is 7.15. The van der Waals surface area contributed by atoms with Crippen molar-refractivity contribution in [2.45, 2.75) is 13.0 Å². The molecule has 0 atom stereocenters. The number of methoxy groups -OCH3 is 1. The summed E-state index contributed by atoms with van der Waals surface area (Å²) < 4.78 is 46.9. The van der Waals surface area contributed by atoms with Crippen LogP contribution in [0.3, 0.4) is 0 Å². The standard InChI is InChI=1S/C17H16F3NO3/c1-23-15-9-11(5-6-14(15)24-17(19)20)7-8-21-16(22)12-3-2-4-13(18)10-12/h2-6,9-10,17H,7-8H2,1H3,(H,21,22). The summed E-state index contributed by atoms with van der Waals surface area (Å²) in [6, 6.07) is 9.92. The fourth-order valence-corrected chi connectivity index (χ4v) is 2.11. The number of halogens is 3. The van der Waals surface area contributed by atoms with Crippen LogP contribution in [0.5, 0.6) is 11.5 Å². The molecule has 0 saturated heterocycles. The second-order valence-electron chi connectivity index (χ2n) is 4.88. The largest absolute Gasteiger partial charge is 0.493 e. The smallest absolute Gasteiger partial charge is 0.387 e. The van der Waals surface area contributed by atoms with Gasteiger partial charge in [-0.15, -0.1) is 0 Å². The van der Waals surface area contributed by atoms with Gasteiger partial charge in [-0.05, 0) is 42.3 Å². The molecule has 2 aromatic carbocycles. The highest BCUT2D eigenvalue weighted by atomic mass is 19.3. The lowest BCUT2D eigenvalue weighted by molar-refractivity contribution is -0.0512. The number of ether oxygens (including phenoxy) is 2. The van der Waals surface area contributed by atoms with Gasteiger partial charge in [0.2, 0.25) is 0 Å². The first-order chi connectivity index (χ1) is 11.5. The summed E-state index contributed by atoms with van der Waals surface area (Å²) in [5.74, 6) is -0.745. The molecule has 0 aliphatic carbocycles. The molecule has 0 aliphatic rings. The normalized spacial score (nSPS) is 10.5. The quantitative estimate of drug-likeness (QED) is 0.841. The van der Waals surface area contributed by atoms with Crippen LogP contribution in [-0.2, 0) is 6.42 Å². The molecule has 1 N–H and O–H groups in total. The van der Waals surface area contributed by atoms with E-state index in [0.717, 1.165) is 11.6 Å². The highest BCUT2D eigenvalue weighted by Gasteiger charge is 2.11. The van der Waals surface area contributed by atoms with Crippen molar-refractivity contribution in [1.82, 2.24) is 5.32 Å². The Morgan fingerprint density at radius 1 is 1.17 bits per heavy atom. The number of amides is 1. The molecule has 0 unspecified atom stereocenters. The van der Waals surface area contributed by atoms with Crippen molar-refractivity contribution in [2.24, 2.45) is 0 Å². The molecule has 7 heteroatoms. The predicted octanol–water partition coefficient (Wildman–Crippen LogP) is 3.41. The van der Waals surface area contributed by atoms with Gasteiger partial charge in [0.05, 0.1) is 7.11 Å². The van der Waals surface area contributed by atoms with Crippen LogP contribution in [0.1, 0.15) is 15.9 Å². The lowest BCUT2D eigenvalue weighted by Gasteiger charge is -2.11. The van der Waals surface area contributed by atoms with Gasteiger partial charge in [-0.3, -0.25) is 4.79 Å². The molecule has 0 radical (unpaired) electrons. The molecule has 128 valence electrons. The van der Waals surface area contributed by atoms with Crippen molar-refractivity contribution in [3.05, 3.63) is 59.4 Å². The van der Waals surface area contributed by atoms with Gasteiger partial charge in [-0.25, -0.2) is 4.39 Å². The predicted molar refractivity (Wildman–Crippen MR) is 82.1 cm³/mol. The summed E-state index contributed by atoms with van der Waals surface area (Å²) in [5.41, 5.74) is 1.00. The van der Waals surface area contributed by atoms with E-state index in [4.69, 9.17) is 4.74 Å². The summed E-state index contributed by atoms with van der Waals surface area (Å²) in [4.78, 5) is 11.9. The molecule has 0 saturated carbocycles. The second-order valence-corrected chi connectivity index (χ2v) is 4.88. The topological polar surface area (TPSA) is 47.6 Å². The van der Waals surface area contributed by atoms with Crippen molar-refractivity contribution in [2.75, 3.05) is 13.7 Å². The number of nitrogens with one attached hydrogen (secondary N) is 1. The van der Waals surface area contributed by atoms with Crippen LogP contribution >= 0.6 is 0 Å². The lowest BCUT2D eigenvalue weighted by atomic mass is 10.1. The van der Waals surface area contributed by atoms with Crippen molar-refractivity contribution in [3.63, 3.8) is 0 Å². The van der Waals surface area contributed by atoms with Crippen LogP contribution in [-0.4, -0.2) is 26.2 Å². The van der Waals surface area contributed by atoms with E-state index in [1.807, 2.05) is 0 Å².